The molecule has 8 aromatic rings. The zero-order valence-corrected chi connectivity index (χ0v) is 30.7. The molecular formula is C48H39N3Si. The van der Waals surface area contributed by atoms with E-state index in [9.17, 15) is 0 Å². The number of benzene rings is 7. The Balaban J connectivity index is 1.12. The Hall–Kier alpha value is -6.23. The van der Waals surface area contributed by atoms with E-state index >= 15 is 0 Å². The van der Waals surface area contributed by atoms with Crippen LogP contribution in [0.2, 0.25) is 19.6 Å². The van der Waals surface area contributed by atoms with E-state index in [1.165, 1.54) is 44.1 Å². The highest BCUT2D eigenvalue weighted by Crippen LogP contribution is 2.39. The third-order valence-corrected chi connectivity index (χ3v) is 11.6. The summed E-state index contributed by atoms with van der Waals surface area (Å²) in [6.07, 6.45) is 0. The number of rotatable bonds is 8. The van der Waals surface area contributed by atoms with Gasteiger partial charge in [-0.25, -0.2) is 15.0 Å². The lowest BCUT2D eigenvalue weighted by molar-refractivity contribution is 1.07. The van der Waals surface area contributed by atoms with Crippen molar-refractivity contribution in [2.75, 3.05) is 0 Å². The number of hydrogen-bond acceptors (Lipinski definition) is 3. The number of aromatic nitrogens is 3. The molecular weight excluding hydrogens is 647 g/mol. The first-order chi connectivity index (χ1) is 25.4. The van der Waals surface area contributed by atoms with Gasteiger partial charge in [-0.15, -0.1) is 0 Å². The highest BCUT2D eigenvalue weighted by Gasteiger charge is 2.17. The van der Waals surface area contributed by atoms with E-state index in [-0.39, 0.29) is 0 Å². The summed E-state index contributed by atoms with van der Waals surface area (Å²) in [5.41, 5.74) is 12.4. The maximum atomic E-state index is 4.93. The first-order valence-corrected chi connectivity index (χ1v) is 21.3. The summed E-state index contributed by atoms with van der Waals surface area (Å²) in [5, 5.41) is 1.48. The van der Waals surface area contributed by atoms with Gasteiger partial charge >= 0.3 is 0 Å². The van der Waals surface area contributed by atoms with Crippen LogP contribution in [-0.4, -0.2) is 23.0 Å². The Bertz CT molecular complexity index is 2390. The molecule has 0 atom stereocenters. The molecule has 0 amide bonds. The van der Waals surface area contributed by atoms with E-state index in [0.29, 0.717) is 17.5 Å². The summed E-state index contributed by atoms with van der Waals surface area (Å²) >= 11 is 0. The van der Waals surface area contributed by atoms with Gasteiger partial charge in [-0.1, -0.05) is 207 Å². The molecule has 8 rings (SSSR count). The topological polar surface area (TPSA) is 38.7 Å². The minimum atomic E-state index is -1.33. The maximum Gasteiger partial charge on any atom is 0.164 e. The summed E-state index contributed by atoms with van der Waals surface area (Å²) in [6.45, 7) is 7.17. The molecule has 0 aliphatic rings. The Morgan fingerprint density at radius 3 is 0.942 bits per heavy atom. The van der Waals surface area contributed by atoms with Crippen LogP contribution >= 0.6 is 0 Å². The molecule has 0 saturated heterocycles. The molecule has 7 aromatic carbocycles. The molecule has 0 saturated carbocycles. The van der Waals surface area contributed by atoms with Gasteiger partial charge in [0.25, 0.3) is 0 Å². The van der Waals surface area contributed by atoms with Crippen molar-refractivity contribution in [2.24, 2.45) is 0 Å². The lowest BCUT2D eigenvalue weighted by atomic mass is 9.89. The molecule has 0 radical (unpaired) electrons. The number of nitrogens with zero attached hydrogens (tertiary/aromatic N) is 3. The van der Waals surface area contributed by atoms with Crippen LogP contribution in [0.25, 0.3) is 78.7 Å². The van der Waals surface area contributed by atoms with E-state index in [4.69, 9.17) is 15.0 Å². The number of hydrogen-bond donors (Lipinski definition) is 0. The van der Waals surface area contributed by atoms with Crippen LogP contribution in [-0.2, 0) is 0 Å². The Morgan fingerprint density at radius 2 is 0.558 bits per heavy atom. The van der Waals surface area contributed by atoms with E-state index in [2.05, 4.69) is 141 Å². The second-order valence-electron chi connectivity index (χ2n) is 14.1. The fourth-order valence-corrected chi connectivity index (χ4v) is 7.85. The summed E-state index contributed by atoms with van der Waals surface area (Å²) in [7, 11) is -1.33. The zero-order chi connectivity index (χ0) is 35.5. The fraction of sp³-hybridized carbons (Fsp3) is 0.0625. The average molecular weight is 686 g/mol. The Kier molecular flexibility index (Phi) is 8.98. The molecule has 0 unspecified atom stereocenters. The molecule has 0 bridgehead atoms. The molecule has 250 valence electrons. The predicted molar refractivity (Wildman–Crippen MR) is 221 cm³/mol. The second kappa shape index (κ2) is 14.2. The first-order valence-electron chi connectivity index (χ1n) is 17.8. The highest BCUT2D eigenvalue weighted by molar-refractivity contribution is 6.88. The monoisotopic (exact) mass is 685 g/mol. The molecule has 3 nitrogen and oxygen atoms in total. The molecule has 0 fully saturated rings. The Labute approximate surface area is 307 Å². The zero-order valence-electron chi connectivity index (χ0n) is 29.7. The lowest BCUT2D eigenvalue weighted by Crippen LogP contribution is -2.37. The van der Waals surface area contributed by atoms with Gasteiger partial charge in [0.2, 0.25) is 0 Å². The summed E-state index contributed by atoms with van der Waals surface area (Å²) in [6, 6.07) is 64.3. The summed E-state index contributed by atoms with van der Waals surface area (Å²) in [4.78, 5) is 14.7. The van der Waals surface area contributed by atoms with Crippen molar-refractivity contribution in [3.05, 3.63) is 182 Å². The van der Waals surface area contributed by atoms with Crippen molar-refractivity contribution in [2.45, 2.75) is 19.6 Å². The van der Waals surface area contributed by atoms with Crippen LogP contribution in [0.5, 0.6) is 0 Å². The predicted octanol–water partition coefficient (Wildman–Crippen LogP) is 12.1. The standard InChI is InChI=1S/C48H39N3Si/c1-52(2,3)41-32-30-35(31-33-41)34-22-24-36(25-23-34)42-18-10-12-20-44(42)45-21-13-11-19-43(45)37-26-28-40(29-27-37)48-50-46(38-14-6-4-7-15-38)49-47(51-48)39-16-8-5-9-17-39/h4-33H,1-3H3. The summed E-state index contributed by atoms with van der Waals surface area (Å²) in [5.74, 6) is 1.96. The molecule has 1 heterocycles. The Morgan fingerprint density at radius 1 is 0.269 bits per heavy atom. The normalized spacial score (nSPS) is 11.4. The van der Waals surface area contributed by atoms with Crippen LogP contribution in [0.4, 0.5) is 0 Å². The van der Waals surface area contributed by atoms with Crippen molar-refractivity contribution in [3.63, 3.8) is 0 Å². The van der Waals surface area contributed by atoms with Gasteiger partial charge in [-0.2, -0.15) is 0 Å². The quantitative estimate of drug-likeness (QED) is 0.149. The van der Waals surface area contributed by atoms with Gasteiger partial charge in [-0.05, 0) is 44.5 Å². The summed E-state index contributed by atoms with van der Waals surface area (Å²) < 4.78 is 0. The largest absolute Gasteiger partial charge is 0.208 e. The van der Waals surface area contributed by atoms with Crippen LogP contribution in [0, 0.1) is 0 Å². The lowest BCUT2D eigenvalue weighted by Gasteiger charge is -2.17. The molecule has 52 heavy (non-hydrogen) atoms. The van der Waals surface area contributed by atoms with Crippen molar-refractivity contribution in [1.82, 2.24) is 15.0 Å². The van der Waals surface area contributed by atoms with Crippen molar-refractivity contribution < 1.29 is 0 Å². The molecule has 4 heteroatoms. The van der Waals surface area contributed by atoms with Crippen LogP contribution in [0.1, 0.15) is 0 Å². The fourth-order valence-electron chi connectivity index (χ4n) is 6.68. The van der Waals surface area contributed by atoms with E-state index in [1.54, 1.807) is 0 Å². The van der Waals surface area contributed by atoms with Crippen LogP contribution < -0.4 is 5.19 Å². The van der Waals surface area contributed by atoms with Crippen LogP contribution in [0.3, 0.4) is 0 Å². The molecule has 1 aromatic heterocycles. The highest BCUT2D eigenvalue weighted by atomic mass is 28.3. The van der Waals surface area contributed by atoms with Crippen LogP contribution in [0.15, 0.2) is 182 Å². The van der Waals surface area contributed by atoms with Gasteiger partial charge < -0.3 is 0 Å². The third-order valence-electron chi connectivity index (χ3n) is 9.58. The van der Waals surface area contributed by atoms with E-state index in [1.807, 2.05) is 60.7 Å². The minimum absolute atomic E-state index is 0.647. The molecule has 0 N–H and O–H groups in total. The van der Waals surface area contributed by atoms with Gasteiger partial charge in [-0.3, -0.25) is 0 Å². The SMILES string of the molecule is C[Si](C)(C)c1ccc(-c2ccc(-c3ccccc3-c3ccccc3-c3ccc(-c4nc(-c5ccccc5)nc(-c5ccccc5)n4)cc3)cc2)cc1. The molecule has 0 spiro atoms. The van der Waals surface area contributed by atoms with Gasteiger partial charge in [0.15, 0.2) is 17.5 Å². The smallest absolute Gasteiger partial charge is 0.164 e. The van der Waals surface area contributed by atoms with Crippen molar-refractivity contribution in [1.29, 1.82) is 0 Å². The minimum Gasteiger partial charge on any atom is -0.208 e. The van der Waals surface area contributed by atoms with Crippen molar-refractivity contribution in [3.8, 4) is 78.7 Å². The second-order valence-corrected chi connectivity index (χ2v) is 19.2. The first kappa shape index (κ1) is 32.9. The van der Waals surface area contributed by atoms with Gasteiger partial charge in [0.05, 0.1) is 8.07 Å². The molecule has 0 aliphatic heterocycles. The van der Waals surface area contributed by atoms with Crippen molar-refractivity contribution >= 4 is 13.3 Å². The third kappa shape index (κ3) is 6.89. The average Bonchev–Trinajstić information content (AvgIpc) is 3.21. The van der Waals surface area contributed by atoms with Gasteiger partial charge in [0, 0.05) is 16.7 Å². The van der Waals surface area contributed by atoms with Gasteiger partial charge in [0.1, 0.15) is 0 Å². The van der Waals surface area contributed by atoms with E-state index < -0.39 is 8.07 Å². The molecule has 0 aliphatic carbocycles. The maximum absolute atomic E-state index is 4.93. The van der Waals surface area contributed by atoms with E-state index in [0.717, 1.165) is 22.3 Å².